The van der Waals surface area contributed by atoms with Gasteiger partial charge in [-0.1, -0.05) is 17.7 Å². The van der Waals surface area contributed by atoms with E-state index in [4.69, 9.17) is 14.3 Å². The highest BCUT2D eigenvalue weighted by Gasteiger charge is 2.15. The van der Waals surface area contributed by atoms with Crippen LogP contribution in [-0.4, -0.2) is 23.1 Å². The molecule has 1 unspecified atom stereocenters. The third kappa shape index (κ3) is 4.12. The van der Waals surface area contributed by atoms with Gasteiger partial charge in [0.1, 0.15) is 11.5 Å². The molecule has 0 aliphatic rings. The standard InChI is InChI=1S/C16H17NO5/c1-10-3-5-12(6-4-10)21-11(2)15(18)17-9-13-7-8-14(22-13)16(19)20/h3-8,11H,9H2,1-2H3,(H,17,18)(H,19,20). The van der Waals surface area contributed by atoms with Crippen LogP contribution in [0.3, 0.4) is 0 Å². The molecule has 0 aliphatic heterocycles. The number of carbonyl (C=O) groups excluding carboxylic acids is 1. The van der Waals surface area contributed by atoms with E-state index in [1.165, 1.54) is 12.1 Å². The largest absolute Gasteiger partial charge is 0.481 e. The van der Waals surface area contributed by atoms with Crippen LogP contribution >= 0.6 is 0 Å². The van der Waals surface area contributed by atoms with E-state index in [2.05, 4.69) is 5.32 Å². The Balaban J connectivity index is 1.85. The Kier molecular flexibility index (Phi) is 4.83. The summed E-state index contributed by atoms with van der Waals surface area (Å²) in [7, 11) is 0. The Bertz CT molecular complexity index is 659. The number of benzene rings is 1. The van der Waals surface area contributed by atoms with Crippen molar-refractivity contribution in [3.63, 3.8) is 0 Å². The maximum Gasteiger partial charge on any atom is 0.371 e. The number of aromatic carboxylic acids is 1. The summed E-state index contributed by atoms with van der Waals surface area (Å²) in [4.78, 5) is 22.6. The van der Waals surface area contributed by atoms with Gasteiger partial charge in [0.15, 0.2) is 6.10 Å². The summed E-state index contributed by atoms with van der Waals surface area (Å²) < 4.78 is 10.6. The number of rotatable bonds is 6. The number of hydrogen-bond donors (Lipinski definition) is 2. The highest BCUT2D eigenvalue weighted by molar-refractivity contribution is 5.84. The lowest BCUT2D eigenvalue weighted by atomic mass is 10.2. The van der Waals surface area contributed by atoms with Gasteiger partial charge < -0.3 is 19.6 Å². The van der Waals surface area contributed by atoms with Crippen LogP contribution in [0.5, 0.6) is 5.75 Å². The third-order valence-electron chi connectivity index (χ3n) is 3.01. The Morgan fingerprint density at radius 3 is 2.50 bits per heavy atom. The lowest BCUT2D eigenvalue weighted by Crippen LogP contribution is -2.35. The van der Waals surface area contributed by atoms with E-state index >= 15 is 0 Å². The Morgan fingerprint density at radius 2 is 1.91 bits per heavy atom. The number of aryl methyl sites for hydroxylation is 1. The van der Waals surface area contributed by atoms with Crippen molar-refractivity contribution in [2.75, 3.05) is 0 Å². The van der Waals surface area contributed by atoms with Crippen LogP contribution in [0.2, 0.25) is 0 Å². The van der Waals surface area contributed by atoms with Gasteiger partial charge >= 0.3 is 5.97 Å². The van der Waals surface area contributed by atoms with Crippen molar-refractivity contribution < 1.29 is 23.8 Å². The molecule has 0 radical (unpaired) electrons. The van der Waals surface area contributed by atoms with Gasteiger partial charge in [0, 0.05) is 0 Å². The van der Waals surface area contributed by atoms with E-state index in [1.807, 2.05) is 19.1 Å². The first-order chi connectivity index (χ1) is 10.5. The molecule has 1 heterocycles. The van der Waals surface area contributed by atoms with Crippen molar-refractivity contribution in [3.8, 4) is 5.75 Å². The summed E-state index contributed by atoms with van der Waals surface area (Å²) in [5.74, 6) is -0.636. The molecule has 0 spiro atoms. The van der Waals surface area contributed by atoms with Crippen molar-refractivity contribution in [2.45, 2.75) is 26.5 Å². The zero-order valence-electron chi connectivity index (χ0n) is 12.3. The molecule has 0 bridgehead atoms. The minimum atomic E-state index is -1.14. The molecule has 1 aromatic carbocycles. The lowest BCUT2D eigenvalue weighted by Gasteiger charge is -2.14. The Hall–Kier alpha value is -2.76. The summed E-state index contributed by atoms with van der Waals surface area (Å²) in [6, 6.07) is 10.2. The van der Waals surface area contributed by atoms with Crippen LogP contribution in [-0.2, 0) is 11.3 Å². The topological polar surface area (TPSA) is 88.8 Å². The van der Waals surface area contributed by atoms with Crippen LogP contribution in [0.15, 0.2) is 40.8 Å². The van der Waals surface area contributed by atoms with E-state index in [-0.39, 0.29) is 18.2 Å². The molecule has 22 heavy (non-hydrogen) atoms. The molecule has 6 nitrogen and oxygen atoms in total. The average Bonchev–Trinajstić information content (AvgIpc) is 2.96. The number of carboxylic acid groups (broad SMARTS) is 1. The second-order valence-corrected chi connectivity index (χ2v) is 4.86. The second-order valence-electron chi connectivity index (χ2n) is 4.86. The summed E-state index contributed by atoms with van der Waals surface area (Å²) in [5.41, 5.74) is 1.11. The molecule has 0 aliphatic carbocycles. The van der Waals surface area contributed by atoms with Gasteiger partial charge in [-0.15, -0.1) is 0 Å². The smallest absolute Gasteiger partial charge is 0.371 e. The second kappa shape index (κ2) is 6.80. The molecular weight excluding hydrogens is 286 g/mol. The van der Waals surface area contributed by atoms with Crippen LogP contribution in [0.1, 0.15) is 28.8 Å². The molecule has 2 N–H and O–H groups in total. The zero-order chi connectivity index (χ0) is 16.1. The Morgan fingerprint density at radius 1 is 1.23 bits per heavy atom. The van der Waals surface area contributed by atoms with Gasteiger partial charge in [0.25, 0.3) is 5.91 Å². The van der Waals surface area contributed by atoms with E-state index in [9.17, 15) is 9.59 Å². The maximum atomic E-state index is 11.9. The first kappa shape index (κ1) is 15.6. The molecule has 0 saturated carbocycles. The average molecular weight is 303 g/mol. The highest BCUT2D eigenvalue weighted by atomic mass is 16.5. The van der Waals surface area contributed by atoms with Crippen molar-refractivity contribution in [2.24, 2.45) is 0 Å². The van der Waals surface area contributed by atoms with Crippen LogP contribution in [0.4, 0.5) is 0 Å². The van der Waals surface area contributed by atoms with E-state index in [0.717, 1.165) is 5.56 Å². The maximum absolute atomic E-state index is 11.9. The number of carboxylic acids is 1. The van der Waals surface area contributed by atoms with Crippen LogP contribution < -0.4 is 10.1 Å². The predicted octanol–water partition coefficient (Wildman–Crippen LogP) is 2.37. The third-order valence-corrected chi connectivity index (χ3v) is 3.01. The summed E-state index contributed by atoms with van der Waals surface area (Å²) in [5, 5.41) is 11.4. The number of ether oxygens (including phenoxy) is 1. The predicted molar refractivity (Wildman–Crippen MR) is 78.8 cm³/mol. The summed E-state index contributed by atoms with van der Waals surface area (Å²) in [6.07, 6.45) is -0.670. The van der Waals surface area contributed by atoms with Crippen molar-refractivity contribution in [1.82, 2.24) is 5.32 Å². The molecule has 2 aromatic rings. The van der Waals surface area contributed by atoms with E-state index < -0.39 is 12.1 Å². The fraction of sp³-hybridized carbons (Fsp3) is 0.250. The minimum absolute atomic E-state index is 0.105. The van der Waals surface area contributed by atoms with Gasteiger partial charge in [0.2, 0.25) is 5.76 Å². The first-order valence-corrected chi connectivity index (χ1v) is 6.79. The van der Waals surface area contributed by atoms with Crippen molar-refractivity contribution >= 4 is 11.9 Å². The molecule has 1 atom stereocenters. The van der Waals surface area contributed by atoms with Crippen molar-refractivity contribution in [1.29, 1.82) is 0 Å². The quantitative estimate of drug-likeness (QED) is 0.855. The zero-order valence-corrected chi connectivity index (χ0v) is 12.3. The van der Waals surface area contributed by atoms with Gasteiger partial charge in [-0.25, -0.2) is 4.79 Å². The normalized spacial score (nSPS) is 11.7. The number of amides is 1. The number of carbonyl (C=O) groups is 2. The molecule has 116 valence electrons. The summed E-state index contributed by atoms with van der Waals surface area (Å²) in [6.45, 7) is 3.71. The molecule has 0 fully saturated rings. The van der Waals surface area contributed by atoms with Crippen LogP contribution in [0, 0.1) is 6.92 Å². The number of nitrogens with one attached hydrogen (secondary N) is 1. The number of furan rings is 1. The summed E-state index contributed by atoms with van der Waals surface area (Å²) >= 11 is 0. The van der Waals surface area contributed by atoms with Gasteiger partial charge in [0.05, 0.1) is 6.54 Å². The fourth-order valence-corrected chi connectivity index (χ4v) is 1.78. The Labute approximate surface area is 127 Å². The van der Waals surface area contributed by atoms with Gasteiger partial charge in [-0.05, 0) is 38.1 Å². The molecule has 6 heteroatoms. The minimum Gasteiger partial charge on any atom is -0.481 e. The van der Waals surface area contributed by atoms with E-state index in [0.29, 0.717) is 11.5 Å². The molecular formula is C16H17NO5. The molecule has 0 saturated heterocycles. The van der Waals surface area contributed by atoms with Crippen LogP contribution in [0.25, 0.3) is 0 Å². The molecule has 1 aromatic heterocycles. The van der Waals surface area contributed by atoms with E-state index in [1.54, 1.807) is 19.1 Å². The van der Waals surface area contributed by atoms with Gasteiger partial charge in [-0.2, -0.15) is 0 Å². The monoisotopic (exact) mass is 303 g/mol. The van der Waals surface area contributed by atoms with Gasteiger partial charge in [-0.3, -0.25) is 4.79 Å². The SMILES string of the molecule is Cc1ccc(OC(C)C(=O)NCc2ccc(C(=O)O)o2)cc1. The number of hydrogen-bond acceptors (Lipinski definition) is 4. The fourth-order valence-electron chi connectivity index (χ4n) is 1.78. The first-order valence-electron chi connectivity index (χ1n) is 6.79. The highest BCUT2D eigenvalue weighted by Crippen LogP contribution is 2.13. The molecule has 2 rings (SSSR count). The van der Waals surface area contributed by atoms with Crippen molar-refractivity contribution in [3.05, 3.63) is 53.5 Å². The lowest BCUT2D eigenvalue weighted by molar-refractivity contribution is -0.127. The molecule has 1 amide bonds.